The number of nitrogens with zero attached hydrogens (tertiary/aromatic N) is 2. The Bertz CT molecular complexity index is 1040. The van der Waals surface area contributed by atoms with Gasteiger partial charge in [-0.25, -0.2) is 13.4 Å². The fourth-order valence-electron chi connectivity index (χ4n) is 3.87. The Morgan fingerprint density at radius 1 is 1.13 bits per heavy atom. The van der Waals surface area contributed by atoms with Crippen LogP contribution < -0.4 is 15.5 Å². The zero-order valence-corrected chi connectivity index (χ0v) is 21.9. The first kappa shape index (κ1) is 25.5. The number of anilines is 1. The van der Waals surface area contributed by atoms with E-state index >= 15 is 0 Å². The monoisotopic (exact) mass is 556 g/mol. The molecule has 0 saturated carbocycles. The molecule has 0 unspecified atom stereocenters. The van der Waals surface area contributed by atoms with Crippen LogP contribution in [0, 0.1) is 6.92 Å². The Morgan fingerprint density at radius 3 is 2.55 bits per heavy atom. The summed E-state index contributed by atoms with van der Waals surface area (Å²) >= 11 is 0. The summed E-state index contributed by atoms with van der Waals surface area (Å²) in [5.74, 6) is 0.747. The van der Waals surface area contributed by atoms with Gasteiger partial charge in [0, 0.05) is 38.6 Å². The standard InChI is InChI=1S/C23H32N4O2S.HI/c1-5-24-23(25-15-18-9-11-22(17(2)13-18)30(4,28)29)26-16-19-8-10-21-20(14-19)7-6-12-27(21)3;/h8-11,13-14H,5-7,12,15-16H2,1-4H3,(H2,24,25,26);1H. The molecular weight excluding hydrogens is 523 g/mol. The first-order valence-corrected chi connectivity index (χ1v) is 12.3. The summed E-state index contributed by atoms with van der Waals surface area (Å²) < 4.78 is 23.6. The van der Waals surface area contributed by atoms with E-state index in [2.05, 4.69) is 45.8 Å². The van der Waals surface area contributed by atoms with E-state index in [4.69, 9.17) is 0 Å². The van der Waals surface area contributed by atoms with Crippen molar-refractivity contribution < 1.29 is 8.42 Å². The van der Waals surface area contributed by atoms with Crippen LogP contribution in [-0.4, -0.2) is 40.8 Å². The zero-order valence-electron chi connectivity index (χ0n) is 18.7. The molecular formula is C23H33IN4O2S. The summed E-state index contributed by atoms with van der Waals surface area (Å²) in [4.78, 5) is 7.36. The van der Waals surface area contributed by atoms with E-state index in [-0.39, 0.29) is 24.0 Å². The van der Waals surface area contributed by atoms with Gasteiger partial charge in [0.2, 0.25) is 0 Å². The minimum atomic E-state index is -3.20. The van der Waals surface area contributed by atoms with Gasteiger partial charge in [-0.2, -0.15) is 0 Å². The van der Waals surface area contributed by atoms with Gasteiger partial charge in [-0.3, -0.25) is 0 Å². The summed E-state index contributed by atoms with van der Waals surface area (Å²) in [6.45, 7) is 6.93. The van der Waals surface area contributed by atoms with E-state index in [1.807, 2.05) is 26.0 Å². The molecule has 0 atom stereocenters. The minimum absolute atomic E-state index is 0. The van der Waals surface area contributed by atoms with Crippen LogP contribution in [0.5, 0.6) is 0 Å². The normalized spacial score (nSPS) is 13.9. The first-order chi connectivity index (χ1) is 14.3. The lowest BCUT2D eigenvalue weighted by Gasteiger charge is -2.28. The molecule has 1 aliphatic heterocycles. The Morgan fingerprint density at radius 2 is 1.87 bits per heavy atom. The summed E-state index contributed by atoms with van der Waals surface area (Å²) in [5, 5.41) is 6.68. The number of guanidine groups is 1. The van der Waals surface area contributed by atoms with Gasteiger partial charge in [0.1, 0.15) is 0 Å². The predicted molar refractivity (Wildman–Crippen MR) is 139 cm³/mol. The number of hydrogen-bond acceptors (Lipinski definition) is 4. The average Bonchev–Trinajstić information content (AvgIpc) is 2.69. The first-order valence-electron chi connectivity index (χ1n) is 10.4. The molecule has 0 saturated heterocycles. The fraction of sp³-hybridized carbons (Fsp3) is 0.435. The second-order valence-electron chi connectivity index (χ2n) is 7.91. The molecule has 0 spiro atoms. The number of rotatable bonds is 6. The van der Waals surface area contributed by atoms with Crippen molar-refractivity contribution in [3.8, 4) is 0 Å². The van der Waals surface area contributed by atoms with Crippen molar-refractivity contribution in [3.05, 3.63) is 58.7 Å². The molecule has 3 rings (SSSR count). The molecule has 8 heteroatoms. The second-order valence-corrected chi connectivity index (χ2v) is 9.89. The molecule has 1 heterocycles. The Balaban J connectivity index is 0.00000341. The van der Waals surface area contributed by atoms with Gasteiger partial charge in [0.25, 0.3) is 0 Å². The average molecular weight is 557 g/mol. The lowest BCUT2D eigenvalue weighted by atomic mass is 9.99. The molecule has 1 aliphatic rings. The number of fused-ring (bicyclic) bond motifs is 1. The molecule has 2 aromatic carbocycles. The van der Waals surface area contributed by atoms with Crippen molar-refractivity contribution in [2.24, 2.45) is 4.99 Å². The third kappa shape index (κ3) is 6.83. The number of hydrogen-bond donors (Lipinski definition) is 2. The molecule has 2 N–H and O–H groups in total. The highest BCUT2D eigenvalue weighted by atomic mass is 127. The van der Waals surface area contributed by atoms with Crippen LogP contribution in [0.2, 0.25) is 0 Å². The number of aliphatic imine (C=N–C) groups is 1. The maximum atomic E-state index is 11.8. The maximum absolute atomic E-state index is 11.8. The number of nitrogens with one attached hydrogen (secondary N) is 2. The fourth-order valence-corrected chi connectivity index (χ4v) is 4.83. The molecule has 31 heavy (non-hydrogen) atoms. The van der Waals surface area contributed by atoms with Gasteiger partial charge in [-0.1, -0.05) is 24.3 Å². The molecule has 2 aromatic rings. The van der Waals surface area contributed by atoms with Crippen LogP contribution in [0.4, 0.5) is 5.69 Å². The SMILES string of the molecule is CCNC(=NCc1ccc(S(C)(=O)=O)c(C)c1)NCc1ccc2c(c1)CCCN2C.I. The van der Waals surface area contributed by atoms with Crippen molar-refractivity contribution in [3.63, 3.8) is 0 Å². The lowest BCUT2D eigenvalue weighted by Crippen LogP contribution is -2.36. The minimum Gasteiger partial charge on any atom is -0.374 e. The van der Waals surface area contributed by atoms with Gasteiger partial charge in [-0.15, -0.1) is 24.0 Å². The van der Waals surface area contributed by atoms with E-state index in [0.29, 0.717) is 18.0 Å². The van der Waals surface area contributed by atoms with Crippen LogP contribution in [0.25, 0.3) is 0 Å². The summed E-state index contributed by atoms with van der Waals surface area (Å²) in [5.41, 5.74) is 5.71. The lowest BCUT2D eigenvalue weighted by molar-refractivity contribution is 0.601. The predicted octanol–water partition coefficient (Wildman–Crippen LogP) is 3.65. The second kappa shape index (κ2) is 11.2. The molecule has 170 valence electrons. The number of halogens is 1. The quantitative estimate of drug-likeness (QED) is 0.323. The number of benzene rings is 2. The van der Waals surface area contributed by atoms with Gasteiger partial charge in [-0.05, 0) is 61.1 Å². The molecule has 0 radical (unpaired) electrons. The Kier molecular flexibility index (Phi) is 9.17. The summed E-state index contributed by atoms with van der Waals surface area (Å²) in [6, 6.07) is 12.1. The van der Waals surface area contributed by atoms with Gasteiger partial charge in [0.05, 0.1) is 11.4 Å². The van der Waals surface area contributed by atoms with Crippen LogP contribution in [0.1, 0.15) is 35.6 Å². The Labute approximate surface area is 203 Å². The number of aryl methyl sites for hydroxylation is 2. The highest BCUT2D eigenvalue weighted by molar-refractivity contribution is 14.0. The van der Waals surface area contributed by atoms with Crippen LogP contribution in [0.3, 0.4) is 0 Å². The molecule has 0 aliphatic carbocycles. The van der Waals surface area contributed by atoms with Crippen molar-refractivity contribution in [2.75, 3.05) is 31.3 Å². The van der Waals surface area contributed by atoms with Crippen molar-refractivity contribution >= 4 is 45.5 Å². The van der Waals surface area contributed by atoms with E-state index in [9.17, 15) is 8.42 Å². The van der Waals surface area contributed by atoms with Crippen molar-refractivity contribution in [1.29, 1.82) is 0 Å². The zero-order chi connectivity index (χ0) is 21.7. The summed E-state index contributed by atoms with van der Waals surface area (Å²) in [6.07, 6.45) is 3.56. The molecule has 6 nitrogen and oxygen atoms in total. The topological polar surface area (TPSA) is 73.8 Å². The van der Waals surface area contributed by atoms with Crippen LogP contribution >= 0.6 is 24.0 Å². The smallest absolute Gasteiger partial charge is 0.191 e. The summed E-state index contributed by atoms with van der Waals surface area (Å²) in [7, 11) is -1.05. The Hall–Kier alpha value is -1.81. The van der Waals surface area contributed by atoms with Gasteiger partial charge >= 0.3 is 0 Å². The van der Waals surface area contributed by atoms with Crippen LogP contribution in [0.15, 0.2) is 46.3 Å². The van der Waals surface area contributed by atoms with Gasteiger partial charge < -0.3 is 15.5 Å². The van der Waals surface area contributed by atoms with Crippen molar-refractivity contribution in [1.82, 2.24) is 10.6 Å². The highest BCUT2D eigenvalue weighted by Crippen LogP contribution is 2.26. The van der Waals surface area contributed by atoms with Crippen molar-refractivity contribution in [2.45, 2.75) is 44.7 Å². The molecule has 0 fully saturated rings. The molecule has 0 aromatic heterocycles. The van der Waals surface area contributed by atoms with Gasteiger partial charge in [0.15, 0.2) is 15.8 Å². The highest BCUT2D eigenvalue weighted by Gasteiger charge is 2.14. The van der Waals surface area contributed by atoms with E-state index in [1.165, 1.54) is 29.5 Å². The van der Waals surface area contributed by atoms with Crippen LogP contribution in [-0.2, 0) is 29.3 Å². The third-order valence-corrected chi connectivity index (χ3v) is 6.61. The van der Waals surface area contributed by atoms with E-state index < -0.39 is 9.84 Å². The maximum Gasteiger partial charge on any atom is 0.191 e. The van der Waals surface area contributed by atoms with E-state index in [0.717, 1.165) is 36.6 Å². The third-order valence-electron chi connectivity index (χ3n) is 5.36. The molecule has 0 bridgehead atoms. The largest absolute Gasteiger partial charge is 0.374 e. The number of sulfone groups is 1. The van der Waals surface area contributed by atoms with E-state index in [1.54, 1.807) is 6.07 Å². The molecule has 0 amide bonds.